The summed E-state index contributed by atoms with van der Waals surface area (Å²) < 4.78 is 5.35. The zero-order chi connectivity index (χ0) is 19.9. The maximum atomic E-state index is 12.7. The van der Waals surface area contributed by atoms with Crippen molar-refractivity contribution in [1.29, 1.82) is 0 Å². The van der Waals surface area contributed by atoms with Crippen molar-refractivity contribution in [2.24, 2.45) is 5.92 Å². The van der Waals surface area contributed by atoms with E-state index in [1.165, 1.54) is 11.3 Å². The average Bonchev–Trinajstić information content (AvgIpc) is 3.16. The molecule has 0 aliphatic rings. The van der Waals surface area contributed by atoms with Crippen LogP contribution in [0.1, 0.15) is 12.0 Å². The van der Waals surface area contributed by atoms with Crippen LogP contribution < -0.4 is 10.1 Å². The number of carboxylic acid groups (broad SMARTS) is 1. The molecule has 0 saturated heterocycles. The van der Waals surface area contributed by atoms with Crippen molar-refractivity contribution in [2.75, 3.05) is 12.4 Å². The summed E-state index contributed by atoms with van der Waals surface area (Å²) in [5.41, 5.74) is 2.43. The second-order valence-corrected chi connectivity index (χ2v) is 7.07. The Balaban J connectivity index is 1.75. The number of rotatable bonds is 8. The van der Waals surface area contributed by atoms with Crippen LogP contribution in [0.15, 0.2) is 60.0 Å². The Kier molecular flexibility index (Phi) is 6.39. The third-order valence-electron chi connectivity index (χ3n) is 4.23. The first-order chi connectivity index (χ1) is 13.6. The first kappa shape index (κ1) is 19.6. The van der Waals surface area contributed by atoms with Gasteiger partial charge in [-0.2, -0.15) is 0 Å². The summed E-state index contributed by atoms with van der Waals surface area (Å²) >= 11 is 1.29. The number of carbonyl (C=O) groups excluding carboxylic acids is 1. The van der Waals surface area contributed by atoms with Crippen LogP contribution in [-0.4, -0.2) is 29.1 Å². The predicted molar refractivity (Wildman–Crippen MR) is 109 cm³/mol. The highest BCUT2D eigenvalue weighted by Gasteiger charge is 2.23. The number of carboxylic acids is 1. The zero-order valence-electron chi connectivity index (χ0n) is 15.3. The Morgan fingerprint density at radius 1 is 1.14 bits per heavy atom. The molecule has 1 aromatic heterocycles. The van der Waals surface area contributed by atoms with Gasteiger partial charge in [0.2, 0.25) is 5.91 Å². The third-order valence-corrected chi connectivity index (χ3v) is 4.99. The van der Waals surface area contributed by atoms with Gasteiger partial charge in [-0.25, -0.2) is 4.98 Å². The molecule has 1 amide bonds. The number of aromatic nitrogens is 1. The minimum absolute atomic E-state index is 0.245. The number of hydrogen-bond donors (Lipinski definition) is 2. The van der Waals surface area contributed by atoms with Crippen LogP contribution in [0.5, 0.6) is 5.75 Å². The molecular weight excluding hydrogens is 376 g/mol. The highest BCUT2D eigenvalue weighted by atomic mass is 32.1. The first-order valence-corrected chi connectivity index (χ1v) is 9.60. The summed E-state index contributed by atoms with van der Waals surface area (Å²) in [5.74, 6) is -1.35. The number of carbonyl (C=O) groups is 2. The van der Waals surface area contributed by atoms with Crippen LogP contribution in [0.4, 0.5) is 5.13 Å². The van der Waals surface area contributed by atoms with Crippen LogP contribution >= 0.6 is 11.3 Å². The molecule has 0 saturated carbocycles. The lowest BCUT2D eigenvalue weighted by atomic mass is 9.95. The monoisotopic (exact) mass is 396 g/mol. The smallest absolute Gasteiger partial charge is 0.304 e. The molecule has 6 nitrogen and oxygen atoms in total. The van der Waals surface area contributed by atoms with Gasteiger partial charge in [0.25, 0.3) is 0 Å². The molecule has 144 valence electrons. The van der Waals surface area contributed by atoms with Crippen LogP contribution in [0.2, 0.25) is 0 Å². The van der Waals surface area contributed by atoms with E-state index in [9.17, 15) is 14.7 Å². The molecular formula is C21H20N2O4S. The van der Waals surface area contributed by atoms with Crippen molar-refractivity contribution >= 4 is 28.3 Å². The van der Waals surface area contributed by atoms with Gasteiger partial charge in [-0.05, 0) is 24.1 Å². The quantitative estimate of drug-likeness (QED) is 0.599. The summed E-state index contributed by atoms with van der Waals surface area (Å²) in [5, 5.41) is 14.2. The van der Waals surface area contributed by atoms with E-state index in [4.69, 9.17) is 4.74 Å². The van der Waals surface area contributed by atoms with Crippen LogP contribution in [0.25, 0.3) is 11.3 Å². The SMILES string of the molecule is COc1ccccc1-c1csc(NC(=O)[C@@H](CC(=O)O)Cc2ccccc2)n1. The van der Waals surface area contributed by atoms with Gasteiger partial charge < -0.3 is 15.2 Å². The van der Waals surface area contributed by atoms with E-state index in [1.807, 2.05) is 60.0 Å². The molecule has 7 heteroatoms. The average molecular weight is 396 g/mol. The lowest BCUT2D eigenvalue weighted by Gasteiger charge is -2.14. The fraction of sp³-hybridized carbons (Fsp3) is 0.190. The normalized spacial score (nSPS) is 11.6. The molecule has 3 rings (SSSR count). The standard InChI is InChI=1S/C21H20N2O4S/c1-27-18-10-6-5-9-16(18)17-13-28-21(22-17)23-20(26)15(12-19(24)25)11-14-7-3-2-4-8-14/h2-10,13,15H,11-12H2,1H3,(H,24,25)(H,22,23,26)/t15-/m1/s1. The van der Waals surface area contributed by atoms with E-state index >= 15 is 0 Å². The number of ether oxygens (including phenoxy) is 1. The Labute approximate surface area is 166 Å². The number of anilines is 1. The highest BCUT2D eigenvalue weighted by Crippen LogP contribution is 2.32. The van der Waals surface area contributed by atoms with Gasteiger partial charge in [0.1, 0.15) is 5.75 Å². The summed E-state index contributed by atoms with van der Waals surface area (Å²) in [7, 11) is 1.59. The molecule has 0 aliphatic heterocycles. The first-order valence-electron chi connectivity index (χ1n) is 8.72. The van der Waals surface area contributed by atoms with E-state index in [-0.39, 0.29) is 12.3 Å². The number of nitrogens with zero attached hydrogens (tertiary/aromatic N) is 1. The maximum absolute atomic E-state index is 12.7. The summed E-state index contributed by atoms with van der Waals surface area (Å²) in [4.78, 5) is 28.4. The number of thiazole rings is 1. The minimum atomic E-state index is -1.01. The van der Waals surface area contributed by atoms with Crippen molar-refractivity contribution in [3.63, 3.8) is 0 Å². The van der Waals surface area contributed by atoms with Gasteiger partial charge in [-0.3, -0.25) is 9.59 Å². The predicted octanol–water partition coefficient (Wildman–Crippen LogP) is 4.09. The number of aliphatic carboxylic acids is 1. The fourth-order valence-electron chi connectivity index (χ4n) is 2.89. The summed E-state index contributed by atoms with van der Waals surface area (Å²) in [6.07, 6.45) is 0.106. The molecule has 2 N–H and O–H groups in total. The topological polar surface area (TPSA) is 88.5 Å². The van der Waals surface area contributed by atoms with E-state index < -0.39 is 11.9 Å². The molecule has 1 heterocycles. The van der Waals surface area contributed by atoms with Crippen LogP contribution in [0.3, 0.4) is 0 Å². The summed E-state index contributed by atoms with van der Waals surface area (Å²) in [6, 6.07) is 16.9. The molecule has 0 radical (unpaired) electrons. The molecule has 3 aromatic rings. The highest BCUT2D eigenvalue weighted by molar-refractivity contribution is 7.14. The van der Waals surface area contributed by atoms with E-state index in [0.717, 1.165) is 11.1 Å². The molecule has 0 fully saturated rings. The molecule has 1 atom stereocenters. The van der Waals surface area contributed by atoms with Crippen molar-refractivity contribution < 1.29 is 19.4 Å². The number of para-hydroxylation sites is 1. The van der Waals surface area contributed by atoms with Crippen molar-refractivity contribution in [3.05, 3.63) is 65.5 Å². The number of hydrogen-bond acceptors (Lipinski definition) is 5. The number of nitrogens with one attached hydrogen (secondary N) is 1. The Hall–Kier alpha value is -3.19. The van der Waals surface area contributed by atoms with Crippen LogP contribution in [-0.2, 0) is 16.0 Å². The second-order valence-electron chi connectivity index (χ2n) is 6.21. The van der Waals surface area contributed by atoms with Gasteiger partial charge in [0.05, 0.1) is 25.1 Å². The second kappa shape index (κ2) is 9.14. The lowest BCUT2D eigenvalue weighted by molar-refractivity contribution is -0.140. The summed E-state index contributed by atoms with van der Waals surface area (Å²) in [6.45, 7) is 0. The van der Waals surface area contributed by atoms with Gasteiger partial charge >= 0.3 is 5.97 Å². The van der Waals surface area contributed by atoms with Gasteiger partial charge in [0.15, 0.2) is 5.13 Å². The number of amides is 1. The van der Waals surface area contributed by atoms with Gasteiger partial charge in [-0.15, -0.1) is 11.3 Å². The molecule has 0 spiro atoms. The molecule has 0 aliphatic carbocycles. The molecule has 0 bridgehead atoms. The Morgan fingerprint density at radius 3 is 2.57 bits per heavy atom. The van der Waals surface area contributed by atoms with Gasteiger partial charge in [-0.1, -0.05) is 42.5 Å². The largest absolute Gasteiger partial charge is 0.496 e. The third kappa shape index (κ3) is 4.95. The minimum Gasteiger partial charge on any atom is -0.496 e. The molecule has 28 heavy (non-hydrogen) atoms. The van der Waals surface area contributed by atoms with Crippen molar-refractivity contribution in [2.45, 2.75) is 12.8 Å². The lowest BCUT2D eigenvalue weighted by Crippen LogP contribution is -2.27. The number of methoxy groups -OCH3 is 1. The zero-order valence-corrected chi connectivity index (χ0v) is 16.1. The van der Waals surface area contributed by atoms with Gasteiger partial charge in [0, 0.05) is 10.9 Å². The van der Waals surface area contributed by atoms with Crippen molar-refractivity contribution in [1.82, 2.24) is 4.98 Å². The van der Waals surface area contributed by atoms with Crippen molar-refractivity contribution in [3.8, 4) is 17.0 Å². The molecule has 2 aromatic carbocycles. The van der Waals surface area contributed by atoms with Crippen LogP contribution in [0, 0.1) is 5.92 Å². The van der Waals surface area contributed by atoms with E-state index in [0.29, 0.717) is 23.0 Å². The number of benzene rings is 2. The van der Waals surface area contributed by atoms with E-state index in [1.54, 1.807) is 7.11 Å². The fourth-order valence-corrected chi connectivity index (χ4v) is 3.60. The Bertz CT molecular complexity index is 956. The molecule has 0 unspecified atom stereocenters. The van der Waals surface area contributed by atoms with E-state index in [2.05, 4.69) is 10.3 Å². The maximum Gasteiger partial charge on any atom is 0.304 e. The Morgan fingerprint density at radius 2 is 1.86 bits per heavy atom.